The van der Waals surface area contributed by atoms with E-state index in [1.165, 1.54) is 36.4 Å². The molecule has 0 bridgehead atoms. The average molecular weight is 979 g/mol. The van der Waals surface area contributed by atoms with E-state index in [9.17, 15) is 37.6 Å². The molecule has 1 aromatic heterocycles. The van der Waals surface area contributed by atoms with Crippen molar-refractivity contribution >= 4 is 92.0 Å². The number of aromatic carboxylic acids is 2. The van der Waals surface area contributed by atoms with Gasteiger partial charge in [-0.15, -0.1) is 4.33 Å². The lowest BCUT2D eigenvalue weighted by atomic mass is 10.1. The van der Waals surface area contributed by atoms with E-state index in [1.807, 2.05) is 0 Å². The maximum Gasteiger partial charge on any atom is 0.335 e. The third-order valence-corrected chi connectivity index (χ3v) is 10.5. The molecule has 0 aliphatic carbocycles. The van der Waals surface area contributed by atoms with Crippen molar-refractivity contribution < 1.29 is 66.8 Å². The number of carboxylic acids is 3. The molecule has 360 valence electrons. The van der Waals surface area contributed by atoms with Crippen molar-refractivity contribution in [2.24, 2.45) is 20.5 Å². The van der Waals surface area contributed by atoms with E-state index in [0.29, 0.717) is 64.6 Å². The Hall–Kier alpha value is -7.36. The van der Waals surface area contributed by atoms with E-state index in [4.69, 9.17) is 19.8 Å². The number of ether oxygens (including phenoxy) is 2. The van der Waals surface area contributed by atoms with Crippen LogP contribution in [0.4, 0.5) is 52.0 Å². The van der Waals surface area contributed by atoms with Crippen molar-refractivity contribution in [2.75, 3.05) is 47.2 Å². The van der Waals surface area contributed by atoms with Gasteiger partial charge in [-0.1, -0.05) is 17.2 Å². The smallest absolute Gasteiger partial charge is 0.335 e. The van der Waals surface area contributed by atoms with Gasteiger partial charge < -0.3 is 40.7 Å². The third kappa shape index (κ3) is 17.1. The summed E-state index contributed by atoms with van der Waals surface area (Å²) in [6.07, 6.45) is 1.16. The number of carboxylic acid groups (broad SMARTS) is 3. The van der Waals surface area contributed by atoms with Gasteiger partial charge in [-0.25, -0.2) is 14.8 Å². The first-order chi connectivity index (χ1) is 32.6. The molecule has 68 heavy (non-hydrogen) atoms. The van der Waals surface area contributed by atoms with Crippen molar-refractivity contribution in [1.82, 2.24) is 15.0 Å². The standard InChI is InChI=1S/C42H46N10O14S2/c1-25-19-33(35(63-15-7-17-67-66-65-59)23-31(25)51-49-29-11-5-9-27(21-29)38(55)56)44-41-46-40(43-14-4-3-13-37(53)54)47-42(48-41)45-34-20-26(2)32(24-36(34)64-16-8-18-68(60,61)62)52-50-30-12-6-10-28(22-30)39(57)58/h5-6,9-12,19-24,59H,3-4,7-8,13-18H2,1-2H3,(H,53,54)(H,55,56)(H,57,58)(H,60,61,62)(H3,43,44,45,46,47,48). The molecule has 0 fully saturated rings. The number of aromatic nitrogens is 3. The van der Waals surface area contributed by atoms with Crippen molar-refractivity contribution in [1.29, 1.82) is 0 Å². The zero-order valence-electron chi connectivity index (χ0n) is 36.4. The highest BCUT2D eigenvalue weighted by Gasteiger charge is 2.17. The second-order valence-corrected chi connectivity index (χ2v) is 16.7. The van der Waals surface area contributed by atoms with Crippen LogP contribution >= 0.6 is 12.0 Å². The van der Waals surface area contributed by atoms with Crippen LogP contribution in [0.15, 0.2) is 93.3 Å². The number of aryl methyl sites for hydroxylation is 2. The Morgan fingerprint density at radius 3 is 1.68 bits per heavy atom. The monoisotopic (exact) mass is 978 g/mol. The Balaban J connectivity index is 1.51. The Morgan fingerprint density at radius 1 is 0.676 bits per heavy atom. The van der Waals surface area contributed by atoms with Gasteiger partial charge in [0.2, 0.25) is 17.8 Å². The molecule has 0 unspecified atom stereocenters. The van der Waals surface area contributed by atoms with Crippen LogP contribution in [0.1, 0.15) is 63.9 Å². The number of hydrogen-bond donors (Lipinski definition) is 8. The third-order valence-electron chi connectivity index (χ3n) is 9.07. The first-order valence-electron chi connectivity index (χ1n) is 20.4. The van der Waals surface area contributed by atoms with Gasteiger partial charge in [0.15, 0.2) is 0 Å². The highest BCUT2D eigenvalue weighted by Crippen LogP contribution is 2.38. The molecule has 26 heteroatoms. The summed E-state index contributed by atoms with van der Waals surface area (Å²) in [7, 11) is -4.29. The fraction of sp³-hybridized carbons (Fsp3) is 0.286. The number of rotatable bonds is 28. The van der Waals surface area contributed by atoms with Crippen molar-refractivity contribution in [2.45, 2.75) is 46.0 Å². The minimum Gasteiger partial charge on any atom is -0.491 e. The largest absolute Gasteiger partial charge is 0.491 e. The fourth-order valence-corrected chi connectivity index (χ4v) is 6.65. The first kappa shape index (κ1) is 51.6. The zero-order chi connectivity index (χ0) is 49.1. The van der Waals surface area contributed by atoms with Crippen LogP contribution < -0.4 is 25.4 Å². The summed E-state index contributed by atoms with van der Waals surface area (Å²) in [5.74, 6) is -2.89. The van der Waals surface area contributed by atoms with Gasteiger partial charge in [-0.2, -0.15) is 43.8 Å². The normalized spacial score (nSPS) is 11.5. The first-order valence-corrected chi connectivity index (χ1v) is 22.9. The molecule has 0 saturated carbocycles. The molecular weight excluding hydrogens is 933 g/mol. The molecule has 5 aromatic rings. The lowest BCUT2D eigenvalue weighted by Crippen LogP contribution is -2.12. The van der Waals surface area contributed by atoms with E-state index in [1.54, 1.807) is 50.2 Å². The number of hydrogen-bond acceptors (Lipinski definition) is 21. The lowest BCUT2D eigenvalue weighted by molar-refractivity contribution is -0.432. The van der Waals surface area contributed by atoms with Crippen molar-refractivity contribution in [3.8, 4) is 11.5 Å². The summed E-state index contributed by atoms with van der Waals surface area (Å²) in [6.45, 7) is 3.78. The Morgan fingerprint density at radius 2 is 1.19 bits per heavy atom. The molecule has 4 aromatic carbocycles. The van der Waals surface area contributed by atoms with Gasteiger partial charge in [-0.3, -0.25) is 9.35 Å². The summed E-state index contributed by atoms with van der Waals surface area (Å²) in [5, 5.41) is 66.5. The van der Waals surface area contributed by atoms with Crippen LogP contribution in [0.3, 0.4) is 0 Å². The molecule has 0 saturated heterocycles. The molecule has 5 rings (SSSR count). The van der Waals surface area contributed by atoms with Gasteiger partial charge in [0, 0.05) is 42.9 Å². The van der Waals surface area contributed by atoms with Crippen LogP contribution in [0, 0.1) is 13.8 Å². The second kappa shape index (κ2) is 25.5. The molecule has 1 heterocycles. The zero-order valence-corrected chi connectivity index (χ0v) is 38.0. The maximum absolute atomic E-state index is 11.5. The number of unbranched alkanes of at least 4 members (excludes halogenated alkanes) is 1. The van der Waals surface area contributed by atoms with E-state index in [0.717, 1.165) is 12.0 Å². The van der Waals surface area contributed by atoms with Gasteiger partial charge in [0.1, 0.15) is 11.5 Å². The van der Waals surface area contributed by atoms with Crippen LogP contribution in [0.2, 0.25) is 0 Å². The summed E-state index contributed by atoms with van der Waals surface area (Å²) >= 11 is 0.852. The topological polar surface area (TPSA) is 348 Å². The summed E-state index contributed by atoms with van der Waals surface area (Å²) in [6, 6.07) is 18.3. The predicted molar refractivity (Wildman–Crippen MR) is 248 cm³/mol. The fourth-order valence-electron chi connectivity index (χ4n) is 5.82. The Kier molecular flexibility index (Phi) is 19.4. The molecule has 0 atom stereocenters. The van der Waals surface area contributed by atoms with Gasteiger partial charge in [0.25, 0.3) is 10.1 Å². The Bertz CT molecular complexity index is 2750. The van der Waals surface area contributed by atoms with E-state index in [2.05, 4.69) is 60.7 Å². The minimum atomic E-state index is -4.29. The Labute approximate surface area is 392 Å². The van der Waals surface area contributed by atoms with Crippen LogP contribution in [-0.4, -0.2) is 97.7 Å². The van der Waals surface area contributed by atoms with Gasteiger partial charge in [0.05, 0.1) is 64.2 Å². The average Bonchev–Trinajstić information content (AvgIpc) is 3.29. The molecule has 0 aliphatic rings. The number of azo groups is 2. The van der Waals surface area contributed by atoms with Crippen LogP contribution in [-0.2, 0) is 24.3 Å². The van der Waals surface area contributed by atoms with Gasteiger partial charge in [-0.05, 0) is 99.2 Å². The summed E-state index contributed by atoms with van der Waals surface area (Å²) in [4.78, 5) is 47.9. The number of benzene rings is 4. The molecule has 0 radical (unpaired) electrons. The van der Waals surface area contributed by atoms with E-state index >= 15 is 0 Å². The quantitative estimate of drug-likeness (QED) is 0.00577. The van der Waals surface area contributed by atoms with E-state index in [-0.39, 0.29) is 78.8 Å². The number of nitrogens with one attached hydrogen (secondary N) is 3. The molecule has 8 N–H and O–H groups in total. The predicted octanol–water partition coefficient (Wildman–Crippen LogP) is 9.36. The highest BCUT2D eigenvalue weighted by atomic mass is 32.2. The second-order valence-electron chi connectivity index (χ2n) is 14.4. The van der Waals surface area contributed by atoms with Crippen molar-refractivity contribution in [3.63, 3.8) is 0 Å². The molecular formula is C42H46N10O14S2. The molecule has 24 nitrogen and oxygen atoms in total. The number of aliphatic carboxylic acids is 1. The lowest BCUT2D eigenvalue weighted by Gasteiger charge is -2.17. The van der Waals surface area contributed by atoms with Crippen molar-refractivity contribution in [3.05, 3.63) is 95.1 Å². The van der Waals surface area contributed by atoms with Gasteiger partial charge >= 0.3 is 17.9 Å². The van der Waals surface area contributed by atoms with Crippen LogP contribution in [0.5, 0.6) is 11.5 Å². The summed E-state index contributed by atoms with van der Waals surface area (Å²) in [5.41, 5.74) is 3.17. The number of carbonyl (C=O) groups is 3. The maximum atomic E-state index is 11.5. The van der Waals surface area contributed by atoms with Crippen LogP contribution in [0.25, 0.3) is 0 Å². The highest BCUT2D eigenvalue weighted by molar-refractivity contribution is 7.94. The molecule has 0 spiro atoms. The number of nitrogens with zero attached hydrogens (tertiary/aromatic N) is 7. The minimum absolute atomic E-state index is 0.00468. The summed E-state index contributed by atoms with van der Waals surface area (Å²) < 4.78 is 48.8. The SMILES string of the molecule is Cc1cc(Nc2nc(NCCCCC(=O)O)nc(Nc3cc(C)c(N=Nc4cccc(C(=O)O)c4)cc3OCCCS(=O)(=O)O)n2)c(OCCCSOOO)cc1N=Nc1cccc(C(=O)O)c1. The number of anilines is 5. The molecule has 0 aliphatic heterocycles. The molecule has 0 amide bonds. The van der Waals surface area contributed by atoms with E-state index < -0.39 is 33.8 Å².